The molecule has 1 N–H and O–H groups in total. The molecule has 0 unspecified atom stereocenters. The summed E-state index contributed by atoms with van der Waals surface area (Å²) in [6.07, 6.45) is -3.42. The molecule has 0 fully saturated rings. The van der Waals surface area contributed by atoms with Crippen LogP contribution < -0.4 is 10.1 Å². The van der Waals surface area contributed by atoms with E-state index in [0.29, 0.717) is 41.5 Å². The van der Waals surface area contributed by atoms with Gasteiger partial charge in [-0.2, -0.15) is 13.2 Å². The van der Waals surface area contributed by atoms with Gasteiger partial charge in [-0.15, -0.1) is 0 Å². The lowest BCUT2D eigenvalue weighted by molar-refractivity contribution is -0.139. The molecule has 9 heteroatoms. The van der Waals surface area contributed by atoms with Gasteiger partial charge in [-0.3, -0.25) is 4.79 Å². The minimum atomic E-state index is -4.69. The highest BCUT2D eigenvalue weighted by atomic mass is 19.4. The summed E-state index contributed by atoms with van der Waals surface area (Å²) >= 11 is 0. The molecule has 34 heavy (non-hydrogen) atoms. The predicted octanol–water partition coefficient (Wildman–Crippen LogP) is 6.02. The molecule has 1 aromatic heterocycles. The van der Waals surface area contributed by atoms with E-state index in [0.717, 1.165) is 17.2 Å². The van der Waals surface area contributed by atoms with Gasteiger partial charge >= 0.3 is 6.18 Å². The Labute approximate surface area is 194 Å². The number of halogens is 4. The third kappa shape index (κ3) is 4.55. The van der Waals surface area contributed by atoms with E-state index in [9.17, 15) is 22.4 Å². The first-order valence-corrected chi connectivity index (χ1v) is 10.7. The Morgan fingerprint density at radius 3 is 2.65 bits per heavy atom. The molecule has 0 aliphatic carbocycles. The van der Waals surface area contributed by atoms with Gasteiger partial charge < -0.3 is 15.0 Å². The van der Waals surface area contributed by atoms with Crippen LogP contribution in [0, 0.1) is 12.7 Å². The van der Waals surface area contributed by atoms with Crippen molar-refractivity contribution in [1.29, 1.82) is 0 Å². The van der Waals surface area contributed by atoms with Gasteiger partial charge in [0.15, 0.2) is 0 Å². The fourth-order valence-electron chi connectivity index (χ4n) is 3.98. The smallest absolute Gasteiger partial charge is 0.421 e. The van der Waals surface area contributed by atoms with Crippen molar-refractivity contribution in [1.82, 2.24) is 9.88 Å². The molecule has 0 atom stereocenters. The maximum atomic E-state index is 14.1. The summed E-state index contributed by atoms with van der Waals surface area (Å²) in [7, 11) is 1.66. The highest BCUT2D eigenvalue weighted by molar-refractivity contribution is 5.99. The van der Waals surface area contributed by atoms with Gasteiger partial charge in [-0.25, -0.2) is 9.37 Å². The van der Waals surface area contributed by atoms with Crippen LogP contribution in [0.2, 0.25) is 0 Å². The van der Waals surface area contributed by atoms with E-state index in [-0.39, 0.29) is 18.3 Å². The lowest BCUT2D eigenvalue weighted by Gasteiger charge is -2.17. The standard InChI is InChI=1S/C25H23F4N3O2/c1-4-15-8-14(2)19(26)9-20(15)31-22-10-21(18(11-30-22)25(27,28)29)34-13-17-7-5-6-16-12-32(3)24(33)23(16)17/h5-11H,4,12-13H2,1-3H3,(H,30,31). The summed E-state index contributed by atoms with van der Waals surface area (Å²) in [4.78, 5) is 17.9. The third-order valence-electron chi connectivity index (χ3n) is 5.79. The number of aromatic nitrogens is 1. The van der Waals surface area contributed by atoms with Crippen LogP contribution in [0.5, 0.6) is 5.75 Å². The molecule has 3 aromatic rings. The van der Waals surface area contributed by atoms with Crippen molar-refractivity contribution < 1.29 is 27.1 Å². The third-order valence-corrected chi connectivity index (χ3v) is 5.79. The quantitative estimate of drug-likeness (QED) is 0.445. The van der Waals surface area contributed by atoms with Crippen molar-refractivity contribution in [2.45, 2.75) is 39.6 Å². The molecule has 2 aromatic carbocycles. The minimum absolute atomic E-state index is 0.0788. The first kappa shape index (κ1) is 23.5. The largest absolute Gasteiger partial charge is 0.488 e. The molecule has 0 saturated heterocycles. The molecular weight excluding hydrogens is 450 g/mol. The second-order valence-electron chi connectivity index (χ2n) is 8.20. The van der Waals surface area contributed by atoms with E-state index in [1.165, 1.54) is 11.0 Å². The number of nitrogens with one attached hydrogen (secondary N) is 1. The monoisotopic (exact) mass is 473 g/mol. The van der Waals surface area contributed by atoms with Crippen molar-refractivity contribution in [3.63, 3.8) is 0 Å². The molecule has 1 amide bonds. The first-order chi connectivity index (χ1) is 16.1. The summed E-state index contributed by atoms with van der Waals surface area (Å²) in [5, 5.41) is 2.90. The Kier molecular flexibility index (Phi) is 6.20. The van der Waals surface area contributed by atoms with Crippen LogP contribution in [0.15, 0.2) is 42.6 Å². The zero-order chi connectivity index (χ0) is 24.6. The number of pyridine rings is 1. The van der Waals surface area contributed by atoms with Gasteiger partial charge in [0, 0.05) is 37.1 Å². The van der Waals surface area contributed by atoms with Crippen LogP contribution in [0.1, 0.15) is 45.1 Å². The number of ether oxygens (including phenoxy) is 1. The van der Waals surface area contributed by atoms with Crippen molar-refractivity contribution in [2.24, 2.45) is 0 Å². The molecule has 5 nitrogen and oxygen atoms in total. The van der Waals surface area contributed by atoms with E-state index >= 15 is 0 Å². The number of hydrogen-bond acceptors (Lipinski definition) is 4. The lowest BCUT2D eigenvalue weighted by atomic mass is 10.0. The summed E-state index contributed by atoms with van der Waals surface area (Å²) in [6.45, 7) is 3.74. The number of alkyl halides is 3. The molecule has 1 aliphatic heterocycles. The second kappa shape index (κ2) is 8.96. The molecule has 0 spiro atoms. The maximum absolute atomic E-state index is 14.1. The number of benzene rings is 2. The number of nitrogens with zero attached hydrogens (tertiary/aromatic N) is 2. The topological polar surface area (TPSA) is 54.5 Å². The van der Waals surface area contributed by atoms with E-state index in [1.807, 2.05) is 13.0 Å². The number of aryl methyl sites for hydroxylation is 2. The second-order valence-corrected chi connectivity index (χ2v) is 8.20. The average Bonchev–Trinajstić information content (AvgIpc) is 3.08. The number of amides is 1. The van der Waals surface area contributed by atoms with Crippen LogP contribution in [-0.4, -0.2) is 22.8 Å². The van der Waals surface area contributed by atoms with Gasteiger partial charge in [0.1, 0.15) is 29.6 Å². The normalized spacial score (nSPS) is 13.3. The molecule has 1 aliphatic rings. The van der Waals surface area contributed by atoms with Gasteiger partial charge in [0.25, 0.3) is 5.91 Å². The Hall–Kier alpha value is -3.62. The lowest BCUT2D eigenvalue weighted by Crippen LogP contribution is -2.18. The number of fused-ring (bicyclic) bond motifs is 1. The van der Waals surface area contributed by atoms with Gasteiger partial charge in [-0.05, 0) is 36.1 Å². The number of anilines is 2. The van der Waals surface area contributed by atoms with Crippen molar-refractivity contribution in [2.75, 3.05) is 12.4 Å². The van der Waals surface area contributed by atoms with Gasteiger partial charge in [0.05, 0.1) is 5.56 Å². The fourth-order valence-corrected chi connectivity index (χ4v) is 3.98. The van der Waals surface area contributed by atoms with Crippen LogP contribution in [-0.2, 0) is 25.7 Å². The molecule has 0 bridgehead atoms. The Bertz CT molecular complexity index is 1260. The summed E-state index contributed by atoms with van der Waals surface area (Å²) in [6, 6.07) is 9.32. The SMILES string of the molecule is CCc1cc(C)c(F)cc1Nc1cc(OCc2cccc3c2C(=O)N(C)C3)c(C(F)(F)F)cn1. The Morgan fingerprint density at radius 2 is 1.94 bits per heavy atom. The Morgan fingerprint density at radius 1 is 1.18 bits per heavy atom. The van der Waals surface area contributed by atoms with Gasteiger partial charge in [-0.1, -0.05) is 31.2 Å². The number of rotatable bonds is 6. The zero-order valence-electron chi connectivity index (χ0n) is 18.9. The highest BCUT2D eigenvalue weighted by Gasteiger charge is 2.35. The highest BCUT2D eigenvalue weighted by Crippen LogP contribution is 2.38. The maximum Gasteiger partial charge on any atom is 0.421 e. The molecular formula is C25H23F4N3O2. The van der Waals surface area contributed by atoms with Gasteiger partial charge in [0.2, 0.25) is 0 Å². The van der Waals surface area contributed by atoms with Crippen molar-refractivity contribution >= 4 is 17.4 Å². The molecule has 4 rings (SSSR count). The molecule has 178 valence electrons. The van der Waals surface area contributed by atoms with Crippen LogP contribution in [0.25, 0.3) is 0 Å². The zero-order valence-corrected chi connectivity index (χ0v) is 18.9. The van der Waals surface area contributed by atoms with Crippen molar-refractivity contribution in [3.05, 3.63) is 81.8 Å². The summed E-state index contributed by atoms with van der Waals surface area (Å²) in [5.74, 6) is -0.992. The van der Waals surface area contributed by atoms with Crippen LogP contribution >= 0.6 is 0 Å². The van der Waals surface area contributed by atoms with E-state index in [2.05, 4.69) is 10.3 Å². The minimum Gasteiger partial charge on any atom is -0.488 e. The fraction of sp³-hybridized carbons (Fsp3) is 0.280. The molecule has 0 radical (unpaired) electrons. The molecule has 0 saturated carbocycles. The molecule has 2 heterocycles. The summed E-state index contributed by atoms with van der Waals surface area (Å²) < 4.78 is 60.6. The van der Waals surface area contributed by atoms with E-state index in [4.69, 9.17) is 4.74 Å². The summed E-state index contributed by atoms with van der Waals surface area (Å²) in [5.41, 5.74) is 2.40. The van der Waals surface area contributed by atoms with Crippen molar-refractivity contribution in [3.8, 4) is 5.75 Å². The number of hydrogen-bond donors (Lipinski definition) is 1. The van der Waals surface area contributed by atoms with E-state index in [1.54, 1.807) is 32.2 Å². The first-order valence-electron chi connectivity index (χ1n) is 10.7. The van der Waals surface area contributed by atoms with Crippen LogP contribution in [0.3, 0.4) is 0 Å². The average molecular weight is 473 g/mol. The Balaban J connectivity index is 1.66. The number of carbonyl (C=O) groups excluding carboxylic acids is 1. The predicted molar refractivity (Wildman–Crippen MR) is 120 cm³/mol. The van der Waals surface area contributed by atoms with Crippen LogP contribution in [0.4, 0.5) is 29.1 Å². The van der Waals surface area contributed by atoms with E-state index < -0.39 is 23.3 Å². The number of carbonyl (C=O) groups is 1.